The average molecular weight is 254 g/mol. The molecule has 0 radical (unpaired) electrons. The van der Waals surface area contributed by atoms with Crippen molar-refractivity contribution in [3.8, 4) is 0 Å². The fourth-order valence-corrected chi connectivity index (χ4v) is 3.48. The van der Waals surface area contributed by atoms with E-state index in [1.807, 2.05) is 19.0 Å². The molecule has 1 amide bonds. The molecule has 1 N–H and O–H groups in total. The molecule has 0 aromatic rings. The van der Waals surface area contributed by atoms with E-state index < -0.39 is 0 Å². The predicted octanol–water partition coefficient (Wildman–Crippen LogP) is 0.946. The molecule has 4 heteroatoms. The third kappa shape index (κ3) is 2.86. The van der Waals surface area contributed by atoms with E-state index in [0.29, 0.717) is 12.5 Å². The molecule has 18 heavy (non-hydrogen) atoms. The number of likely N-dealkylation sites (N-methyl/N-ethyl adjacent to an activating group) is 1. The third-order valence-electron chi connectivity index (χ3n) is 4.43. The lowest BCUT2D eigenvalue weighted by molar-refractivity contribution is -0.137. The van der Waals surface area contributed by atoms with E-state index in [-0.39, 0.29) is 24.0 Å². The molecule has 1 aliphatic heterocycles. The lowest BCUT2D eigenvalue weighted by Crippen LogP contribution is -2.44. The van der Waals surface area contributed by atoms with Crippen molar-refractivity contribution >= 4 is 5.91 Å². The van der Waals surface area contributed by atoms with Crippen molar-refractivity contribution in [3.05, 3.63) is 0 Å². The Morgan fingerprint density at radius 2 is 2.11 bits per heavy atom. The lowest BCUT2D eigenvalue weighted by Gasteiger charge is -2.30. The molecule has 2 aliphatic rings. The van der Waals surface area contributed by atoms with Crippen molar-refractivity contribution in [3.63, 3.8) is 0 Å². The molecule has 0 aromatic heterocycles. The first-order valence-electron chi connectivity index (χ1n) is 7.12. The minimum Gasteiger partial charge on any atom is -0.391 e. The molecule has 0 bridgehead atoms. The van der Waals surface area contributed by atoms with E-state index >= 15 is 0 Å². The maximum atomic E-state index is 12.6. The van der Waals surface area contributed by atoms with Crippen LogP contribution in [0.25, 0.3) is 0 Å². The third-order valence-corrected chi connectivity index (χ3v) is 4.43. The Morgan fingerprint density at radius 3 is 2.67 bits per heavy atom. The summed E-state index contributed by atoms with van der Waals surface area (Å²) in [5.74, 6) is 0.985. The first kappa shape index (κ1) is 13.8. The highest BCUT2D eigenvalue weighted by Gasteiger charge is 2.40. The van der Waals surface area contributed by atoms with Gasteiger partial charge in [0.25, 0.3) is 0 Å². The van der Waals surface area contributed by atoms with Crippen molar-refractivity contribution < 1.29 is 9.90 Å². The number of hydrogen-bond acceptors (Lipinski definition) is 3. The summed E-state index contributed by atoms with van der Waals surface area (Å²) in [4.78, 5) is 16.6. The number of β-amino-alcohol motifs (C(OH)–C–C–N with tert-alkyl or cyclic N) is 1. The Kier molecular flexibility index (Phi) is 4.28. The topological polar surface area (TPSA) is 43.8 Å². The number of hydrogen-bond donors (Lipinski definition) is 1. The summed E-state index contributed by atoms with van der Waals surface area (Å²) in [5.41, 5.74) is 0. The van der Waals surface area contributed by atoms with Crippen LogP contribution in [0.4, 0.5) is 0 Å². The summed E-state index contributed by atoms with van der Waals surface area (Å²) in [7, 11) is 4.04. The van der Waals surface area contributed by atoms with Gasteiger partial charge in [-0.15, -0.1) is 0 Å². The molecule has 0 spiro atoms. The lowest BCUT2D eigenvalue weighted by atomic mass is 9.96. The second-order valence-corrected chi connectivity index (χ2v) is 6.31. The van der Waals surface area contributed by atoms with Crippen molar-refractivity contribution in [2.75, 3.05) is 27.2 Å². The van der Waals surface area contributed by atoms with Gasteiger partial charge in [0.05, 0.1) is 6.10 Å². The fourth-order valence-electron chi connectivity index (χ4n) is 3.48. The number of carbonyl (C=O) groups excluding carboxylic acids is 1. The molecule has 1 saturated carbocycles. The molecular formula is C14H26N2O2. The van der Waals surface area contributed by atoms with Gasteiger partial charge in [-0.3, -0.25) is 4.79 Å². The van der Waals surface area contributed by atoms with Gasteiger partial charge in [0.15, 0.2) is 0 Å². The van der Waals surface area contributed by atoms with Gasteiger partial charge in [-0.25, -0.2) is 0 Å². The van der Waals surface area contributed by atoms with E-state index in [2.05, 4.69) is 11.8 Å². The van der Waals surface area contributed by atoms with Gasteiger partial charge >= 0.3 is 0 Å². The highest BCUT2D eigenvalue weighted by molar-refractivity contribution is 5.80. The van der Waals surface area contributed by atoms with Crippen LogP contribution in [0.2, 0.25) is 0 Å². The van der Waals surface area contributed by atoms with Crippen molar-refractivity contribution in [1.82, 2.24) is 9.80 Å². The Bertz CT molecular complexity index is 306. The molecule has 1 saturated heterocycles. The summed E-state index contributed by atoms with van der Waals surface area (Å²) in [6.45, 7) is 3.56. The zero-order chi connectivity index (χ0) is 13.3. The quantitative estimate of drug-likeness (QED) is 0.815. The molecular weight excluding hydrogens is 228 g/mol. The molecule has 4 atom stereocenters. The van der Waals surface area contributed by atoms with E-state index in [9.17, 15) is 9.90 Å². The maximum absolute atomic E-state index is 12.6. The van der Waals surface area contributed by atoms with Crippen LogP contribution in [-0.4, -0.2) is 60.1 Å². The number of rotatable bonds is 3. The Labute approximate surface area is 110 Å². The van der Waals surface area contributed by atoms with Crippen LogP contribution in [0.3, 0.4) is 0 Å². The van der Waals surface area contributed by atoms with Crippen LogP contribution in [0, 0.1) is 11.8 Å². The summed E-state index contributed by atoms with van der Waals surface area (Å²) in [6.07, 6.45) is 3.76. The second-order valence-electron chi connectivity index (χ2n) is 6.31. The summed E-state index contributed by atoms with van der Waals surface area (Å²) >= 11 is 0. The summed E-state index contributed by atoms with van der Waals surface area (Å²) in [6, 6.07) is 0.190. The normalized spacial score (nSPS) is 36.6. The highest BCUT2D eigenvalue weighted by Crippen LogP contribution is 2.34. The average Bonchev–Trinajstić information content (AvgIpc) is 2.83. The van der Waals surface area contributed by atoms with Gasteiger partial charge in [0.1, 0.15) is 0 Å². The van der Waals surface area contributed by atoms with Gasteiger partial charge in [-0.1, -0.05) is 13.3 Å². The smallest absolute Gasteiger partial charge is 0.226 e. The second kappa shape index (κ2) is 5.57. The number of amides is 1. The van der Waals surface area contributed by atoms with Crippen LogP contribution < -0.4 is 0 Å². The van der Waals surface area contributed by atoms with Crippen LogP contribution >= 0.6 is 0 Å². The predicted molar refractivity (Wildman–Crippen MR) is 71.2 cm³/mol. The van der Waals surface area contributed by atoms with Gasteiger partial charge in [0.2, 0.25) is 5.91 Å². The molecule has 104 valence electrons. The van der Waals surface area contributed by atoms with Gasteiger partial charge < -0.3 is 14.9 Å². The van der Waals surface area contributed by atoms with Crippen LogP contribution in [0.1, 0.15) is 32.6 Å². The van der Waals surface area contributed by atoms with Gasteiger partial charge in [-0.2, -0.15) is 0 Å². The van der Waals surface area contributed by atoms with E-state index in [1.165, 1.54) is 12.8 Å². The Hall–Kier alpha value is -0.610. The van der Waals surface area contributed by atoms with E-state index in [1.54, 1.807) is 0 Å². The monoisotopic (exact) mass is 254 g/mol. The van der Waals surface area contributed by atoms with Crippen LogP contribution in [0.15, 0.2) is 0 Å². The van der Waals surface area contributed by atoms with Crippen molar-refractivity contribution in [1.29, 1.82) is 0 Å². The Balaban J connectivity index is 2.03. The summed E-state index contributed by atoms with van der Waals surface area (Å²) in [5, 5.41) is 9.83. The number of aliphatic hydroxyl groups is 1. The van der Waals surface area contributed by atoms with Crippen LogP contribution in [0.5, 0.6) is 0 Å². The number of carbonyl (C=O) groups is 1. The molecule has 1 aliphatic carbocycles. The zero-order valence-electron chi connectivity index (χ0n) is 11.8. The highest BCUT2D eigenvalue weighted by atomic mass is 16.3. The minimum atomic E-state index is -0.337. The first-order valence-corrected chi connectivity index (χ1v) is 7.12. The molecule has 2 fully saturated rings. The van der Waals surface area contributed by atoms with Crippen LogP contribution in [-0.2, 0) is 4.79 Å². The SMILES string of the molecule is CC1CCCC1C(=O)N1CC(O)CC1CN(C)C. The maximum Gasteiger partial charge on any atom is 0.226 e. The number of likely N-dealkylation sites (tertiary alicyclic amines) is 1. The van der Waals surface area contributed by atoms with E-state index in [0.717, 1.165) is 19.4 Å². The van der Waals surface area contributed by atoms with E-state index in [4.69, 9.17) is 0 Å². The van der Waals surface area contributed by atoms with Crippen molar-refractivity contribution in [2.24, 2.45) is 11.8 Å². The molecule has 0 aromatic carbocycles. The largest absolute Gasteiger partial charge is 0.391 e. The minimum absolute atomic E-state index is 0.190. The standard InChI is InChI=1S/C14H26N2O2/c1-10-5-4-6-13(10)14(18)16-9-12(17)7-11(16)8-15(2)3/h10-13,17H,4-9H2,1-3H3. The van der Waals surface area contributed by atoms with Gasteiger partial charge in [-0.05, 0) is 39.3 Å². The molecule has 4 unspecified atom stereocenters. The Morgan fingerprint density at radius 1 is 1.39 bits per heavy atom. The first-order chi connectivity index (χ1) is 8.49. The number of aliphatic hydroxyl groups excluding tert-OH is 1. The molecule has 1 heterocycles. The van der Waals surface area contributed by atoms with Gasteiger partial charge in [0, 0.05) is 25.0 Å². The van der Waals surface area contributed by atoms with Crippen molar-refractivity contribution in [2.45, 2.75) is 44.8 Å². The zero-order valence-corrected chi connectivity index (χ0v) is 11.8. The summed E-state index contributed by atoms with van der Waals surface area (Å²) < 4.78 is 0. The molecule has 2 rings (SSSR count). The number of nitrogens with zero attached hydrogens (tertiary/aromatic N) is 2. The molecule has 4 nitrogen and oxygen atoms in total. The fraction of sp³-hybridized carbons (Fsp3) is 0.929.